The second-order valence-electron chi connectivity index (χ2n) is 3.47. The van der Waals surface area contributed by atoms with E-state index in [9.17, 15) is 0 Å². The Hall–Kier alpha value is -1.02. The van der Waals surface area contributed by atoms with Crippen LogP contribution in [0, 0.1) is 0 Å². The molecule has 2 aliphatic rings. The summed E-state index contributed by atoms with van der Waals surface area (Å²) in [6, 6.07) is 9.37. The van der Waals surface area contributed by atoms with E-state index in [-0.39, 0.29) is 0 Å². The fraction of sp³-hybridized carbons (Fsp3) is 0.400. The molecule has 0 saturated carbocycles. The first-order valence-corrected chi connectivity index (χ1v) is 4.53. The van der Waals surface area contributed by atoms with Gasteiger partial charge in [0.25, 0.3) is 0 Å². The van der Waals surface area contributed by atoms with Crippen molar-refractivity contribution in [3.8, 4) is 0 Å². The summed E-state index contributed by atoms with van der Waals surface area (Å²) >= 11 is 0. The first-order valence-electron chi connectivity index (χ1n) is 4.53. The van der Waals surface area contributed by atoms with Crippen molar-refractivity contribution in [2.45, 2.75) is 6.04 Å². The smallest absolute Gasteiger partial charge is 0.0687 e. The molecule has 62 valence electrons. The summed E-state index contributed by atoms with van der Waals surface area (Å²) in [6.07, 6.45) is 0. The Bertz CT molecular complexity index is 277. The number of nitrogens with zero attached hydrogens (tertiary/aromatic N) is 1. The molecule has 3 rings (SSSR count). The van der Waals surface area contributed by atoms with Gasteiger partial charge in [-0.15, -0.1) is 0 Å². The van der Waals surface area contributed by atoms with Crippen LogP contribution in [0.5, 0.6) is 0 Å². The zero-order valence-electron chi connectivity index (χ0n) is 6.96. The van der Waals surface area contributed by atoms with Gasteiger partial charge < -0.3 is 10.2 Å². The molecule has 1 aromatic carbocycles. The molecule has 2 aliphatic heterocycles. The van der Waals surface area contributed by atoms with E-state index in [4.69, 9.17) is 0 Å². The summed E-state index contributed by atoms with van der Waals surface area (Å²) < 4.78 is 0. The van der Waals surface area contributed by atoms with E-state index in [1.807, 2.05) is 0 Å². The summed E-state index contributed by atoms with van der Waals surface area (Å²) in [5.74, 6) is 0. The highest BCUT2D eigenvalue weighted by Gasteiger charge is 2.35. The molecule has 0 aromatic heterocycles. The predicted molar refractivity (Wildman–Crippen MR) is 49.4 cm³/mol. The molecular weight excluding hydrogens is 148 g/mol. The van der Waals surface area contributed by atoms with Crippen LogP contribution in [0.3, 0.4) is 0 Å². The maximum Gasteiger partial charge on any atom is 0.0687 e. The Morgan fingerprint density at radius 2 is 2.25 bits per heavy atom. The van der Waals surface area contributed by atoms with Crippen molar-refractivity contribution in [1.29, 1.82) is 0 Å². The van der Waals surface area contributed by atoms with E-state index < -0.39 is 0 Å². The van der Waals surface area contributed by atoms with Crippen molar-refractivity contribution in [2.75, 3.05) is 24.5 Å². The van der Waals surface area contributed by atoms with Crippen LogP contribution in [-0.2, 0) is 0 Å². The zero-order valence-corrected chi connectivity index (χ0v) is 6.96. The third kappa shape index (κ3) is 0.681. The van der Waals surface area contributed by atoms with Crippen LogP contribution in [0.25, 0.3) is 0 Å². The SMILES string of the molecule is c1ccc2c(c1)C1CNCCN21. The van der Waals surface area contributed by atoms with Crippen molar-refractivity contribution >= 4 is 5.69 Å². The average Bonchev–Trinajstić information content (AvgIpc) is 2.14. The molecule has 0 radical (unpaired) electrons. The monoisotopic (exact) mass is 160 g/mol. The molecule has 1 aromatic rings. The number of rotatable bonds is 0. The van der Waals surface area contributed by atoms with E-state index in [0.29, 0.717) is 6.04 Å². The van der Waals surface area contributed by atoms with E-state index in [0.717, 1.165) is 13.1 Å². The Kier molecular flexibility index (Phi) is 1.21. The molecule has 12 heavy (non-hydrogen) atoms. The molecule has 0 spiro atoms. The van der Waals surface area contributed by atoms with Crippen LogP contribution in [0.15, 0.2) is 24.3 Å². The lowest BCUT2D eigenvalue weighted by molar-refractivity contribution is 0.456. The number of anilines is 1. The van der Waals surface area contributed by atoms with Gasteiger partial charge in [-0.05, 0) is 11.6 Å². The first kappa shape index (κ1) is 6.49. The number of benzene rings is 1. The van der Waals surface area contributed by atoms with Crippen LogP contribution in [-0.4, -0.2) is 19.6 Å². The molecule has 1 fully saturated rings. The molecule has 0 amide bonds. The van der Waals surface area contributed by atoms with Gasteiger partial charge in [0.1, 0.15) is 0 Å². The number of para-hydroxylation sites is 1. The maximum atomic E-state index is 3.42. The standard InChI is InChI=1S/C10H12N2/c1-2-4-9-8(3-1)10-7-11-5-6-12(9)10/h1-4,10-11H,5-7H2. The molecule has 0 aliphatic carbocycles. The quantitative estimate of drug-likeness (QED) is 0.612. The molecular formula is C10H12N2. The average molecular weight is 160 g/mol. The van der Waals surface area contributed by atoms with Crippen LogP contribution in [0.1, 0.15) is 11.6 Å². The fourth-order valence-electron chi connectivity index (χ4n) is 2.24. The highest BCUT2D eigenvalue weighted by atomic mass is 15.3. The highest BCUT2D eigenvalue weighted by Crippen LogP contribution is 2.42. The minimum atomic E-state index is 0.662. The molecule has 1 atom stereocenters. The predicted octanol–water partition coefficient (Wildman–Crippen LogP) is 1.15. The minimum Gasteiger partial charge on any atom is -0.362 e. The molecule has 0 bridgehead atoms. The van der Waals surface area contributed by atoms with Gasteiger partial charge in [0, 0.05) is 25.3 Å². The summed E-state index contributed by atoms with van der Waals surface area (Å²) in [4.78, 5) is 2.49. The van der Waals surface area contributed by atoms with Gasteiger partial charge >= 0.3 is 0 Å². The second kappa shape index (κ2) is 2.23. The van der Waals surface area contributed by atoms with Crippen molar-refractivity contribution < 1.29 is 0 Å². The lowest BCUT2D eigenvalue weighted by atomic mass is 9.91. The summed E-state index contributed by atoms with van der Waals surface area (Å²) in [5.41, 5.74) is 2.97. The zero-order chi connectivity index (χ0) is 7.97. The van der Waals surface area contributed by atoms with E-state index in [2.05, 4.69) is 34.5 Å². The van der Waals surface area contributed by atoms with Gasteiger partial charge in [-0.25, -0.2) is 0 Å². The van der Waals surface area contributed by atoms with Gasteiger partial charge in [0.15, 0.2) is 0 Å². The van der Waals surface area contributed by atoms with E-state index in [1.165, 1.54) is 17.8 Å². The third-order valence-corrected chi connectivity index (χ3v) is 2.85. The first-order chi connectivity index (χ1) is 5.97. The normalized spacial score (nSPS) is 25.7. The Labute approximate surface area is 72.2 Å². The second-order valence-corrected chi connectivity index (χ2v) is 3.47. The van der Waals surface area contributed by atoms with E-state index >= 15 is 0 Å². The van der Waals surface area contributed by atoms with Gasteiger partial charge in [0.05, 0.1) is 6.04 Å². The molecule has 2 heteroatoms. The number of fused-ring (bicyclic) bond motifs is 4. The van der Waals surface area contributed by atoms with Gasteiger partial charge in [-0.3, -0.25) is 0 Å². The van der Waals surface area contributed by atoms with Gasteiger partial charge in [-0.1, -0.05) is 18.2 Å². The Morgan fingerprint density at radius 3 is 3.25 bits per heavy atom. The van der Waals surface area contributed by atoms with Crippen molar-refractivity contribution in [1.82, 2.24) is 5.32 Å². The van der Waals surface area contributed by atoms with Gasteiger partial charge in [-0.2, -0.15) is 0 Å². The number of hydrogen-bond acceptors (Lipinski definition) is 2. The number of piperazine rings is 1. The summed E-state index contributed by atoms with van der Waals surface area (Å²) in [7, 11) is 0. The Balaban J connectivity index is 2.03. The van der Waals surface area contributed by atoms with E-state index in [1.54, 1.807) is 0 Å². The summed E-state index contributed by atoms with van der Waals surface area (Å²) in [6.45, 7) is 3.42. The summed E-state index contributed by atoms with van der Waals surface area (Å²) in [5, 5.41) is 3.42. The fourth-order valence-corrected chi connectivity index (χ4v) is 2.24. The third-order valence-electron chi connectivity index (χ3n) is 2.85. The highest BCUT2D eigenvalue weighted by molar-refractivity contribution is 5.66. The van der Waals surface area contributed by atoms with Crippen LogP contribution < -0.4 is 10.2 Å². The molecule has 1 saturated heterocycles. The van der Waals surface area contributed by atoms with Crippen molar-refractivity contribution in [3.63, 3.8) is 0 Å². The topological polar surface area (TPSA) is 15.3 Å². The molecule has 1 unspecified atom stereocenters. The van der Waals surface area contributed by atoms with Crippen molar-refractivity contribution in [3.05, 3.63) is 29.8 Å². The van der Waals surface area contributed by atoms with Crippen LogP contribution in [0.4, 0.5) is 5.69 Å². The lowest BCUT2D eigenvalue weighted by Crippen LogP contribution is -2.51. The largest absolute Gasteiger partial charge is 0.362 e. The number of hydrogen-bond donors (Lipinski definition) is 1. The molecule has 2 heterocycles. The van der Waals surface area contributed by atoms with Gasteiger partial charge in [0.2, 0.25) is 0 Å². The number of nitrogens with one attached hydrogen (secondary N) is 1. The maximum absolute atomic E-state index is 3.42. The molecule has 1 N–H and O–H groups in total. The van der Waals surface area contributed by atoms with Crippen molar-refractivity contribution in [2.24, 2.45) is 0 Å². The minimum absolute atomic E-state index is 0.662. The molecule has 2 nitrogen and oxygen atoms in total. The Morgan fingerprint density at radius 1 is 1.33 bits per heavy atom. The lowest BCUT2D eigenvalue weighted by Gasteiger charge is -2.48. The van der Waals surface area contributed by atoms with Crippen LogP contribution >= 0.6 is 0 Å². The van der Waals surface area contributed by atoms with Crippen LogP contribution in [0.2, 0.25) is 0 Å².